The van der Waals surface area contributed by atoms with E-state index in [4.69, 9.17) is 21.1 Å². The Morgan fingerprint density at radius 1 is 1.01 bits per heavy atom. The number of nitrogens with one attached hydrogen (secondary N) is 4. The van der Waals surface area contributed by atoms with Crippen LogP contribution in [0.1, 0.15) is 114 Å². The second-order valence-corrected chi connectivity index (χ2v) is 21.7. The predicted molar refractivity (Wildman–Crippen MR) is 265 cm³/mol. The number of benzene rings is 3. The van der Waals surface area contributed by atoms with Gasteiger partial charge in [0.1, 0.15) is 42.4 Å². The fraction of sp³-hybridized carbons (Fsp3) is 0.500. The van der Waals surface area contributed by atoms with Gasteiger partial charge in [0, 0.05) is 54.6 Å². The molecule has 14 nitrogen and oxygen atoms in total. The summed E-state index contributed by atoms with van der Waals surface area (Å²) in [4.78, 5) is 60.9. The Labute approximate surface area is 413 Å². The highest BCUT2D eigenvalue weighted by atomic mass is 35.5. The van der Waals surface area contributed by atoms with Gasteiger partial charge < -0.3 is 40.7 Å². The van der Waals surface area contributed by atoms with Gasteiger partial charge in [-0.05, 0) is 80.0 Å². The highest BCUT2D eigenvalue weighted by molar-refractivity contribution is 7.13. The lowest BCUT2D eigenvalue weighted by Gasteiger charge is -2.63. The highest BCUT2D eigenvalue weighted by Crippen LogP contribution is 2.55. The fourth-order valence-electron chi connectivity index (χ4n) is 9.72. The Kier molecular flexibility index (Phi) is 16.8. The third-order valence-electron chi connectivity index (χ3n) is 13.2. The van der Waals surface area contributed by atoms with Crippen LogP contribution in [-0.4, -0.2) is 95.3 Å². The van der Waals surface area contributed by atoms with E-state index >= 15 is 4.39 Å². The molecule has 69 heavy (non-hydrogen) atoms. The van der Waals surface area contributed by atoms with Crippen LogP contribution in [0.2, 0.25) is 5.02 Å². The number of carbonyl (C=O) groups is 4. The number of aliphatic hydroxyl groups is 1. The number of hydrogen-bond donors (Lipinski definition) is 5. The molecular formula is C52H65ClFN7O7S. The summed E-state index contributed by atoms with van der Waals surface area (Å²) >= 11 is 7.79. The molecule has 4 aromatic rings. The van der Waals surface area contributed by atoms with Gasteiger partial charge in [-0.25, -0.2) is 9.37 Å². The maximum Gasteiger partial charge on any atom is 0.251 e. The predicted octanol–water partition coefficient (Wildman–Crippen LogP) is 8.36. The molecule has 0 unspecified atom stereocenters. The van der Waals surface area contributed by atoms with Crippen LogP contribution in [0.5, 0.6) is 5.75 Å². The second-order valence-electron chi connectivity index (χ2n) is 20.4. The fourth-order valence-corrected chi connectivity index (χ4v) is 10.7. The number of halogens is 2. The Morgan fingerprint density at radius 3 is 2.35 bits per heavy atom. The molecule has 4 amide bonds. The Hall–Kier alpha value is -5.60. The van der Waals surface area contributed by atoms with Crippen LogP contribution >= 0.6 is 22.9 Å². The highest BCUT2D eigenvalue weighted by Gasteiger charge is 2.64. The summed E-state index contributed by atoms with van der Waals surface area (Å²) in [6.45, 7) is 17.8. The van der Waals surface area contributed by atoms with Crippen LogP contribution in [0, 0.1) is 40.3 Å². The monoisotopic (exact) mass is 985 g/mol. The molecule has 3 aromatic carbocycles. The number of ether oxygens (including phenoxy) is 2. The molecule has 4 atom stereocenters. The van der Waals surface area contributed by atoms with E-state index < -0.39 is 58.0 Å². The van der Waals surface area contributed by atoms with Gasteiger partial charge in [0.05, 0.1) is 44.5 Å². The maximum atomic E-state index is 15.2. The van der Waals surface area contributed by atoms with Crippen molar-refractivity contribution in [2.24, 2.45) is 16.2 Å². The molecule has 2 heterocycles. The molecule has 5 N–H and O–H groups in total. The van der Waals surface area contributed by atoms with Crippen LogP contribution in [0.15, 0.2) is 66.2 Å². The molecule has 1 saturated carbocycles. The van der Waals surface area contributed by atoms with Crippen molar-refractivity contribution < 1.29 is 38.1 Å². The van der Waals surface area contributed by atoms with E-state index in [9.17, 15) is 29.5 Å². The average molecular weight is 987 g/mol. The van der Waals surface area contributed by atoms with Crippen LogP contribution < -0.4 is 26.0 Å². The van der Waals surface area contributed by atoms with Gasteiger partial charge in [0.15, 0.2) is 0 Å². The molecule has 370 valence electrons. The zero-order valence-corrected chi connectivity index (χ0v) is 42.4. The van der Waals surface area contributed by atoms with Crippen molar-refractivity contribution >= 4 is 52.3 Å². The number of thiazole rings is 1. The normalized spacial score (nSPS) is 20.2. The summed E-state index contributed by atoms with van der Waals surface area (Å²) in [7, 11) is 0. The van der Waals surface area contributed by atoms with Crippen molar-refractivity contribution in [3.05, 3.63) is 99.4 Å². The number of aliphatic hydroxyl groups excluding tert-OH is 1. The van der Waals surface area contributed by atoms with Crippen LogP contribution in [0.4, 0.5) is 10.1 Å². The number of hydrogen-bond acceptors (Lipinski definition) is 11. The number of likely N-dealkylation sites (tertiary alicyclic amines) is 1. The van der Waals surface area contributed by atoms with E-state index in [-0.39, 0.29) is 61.5 Å². The number of nitriles is 1. The molecule has 17 heteroatoms. The van der Waals surface area contributed by atoms with E-state index in [2.05, 4.69) is 26.3 Å². The smallest absolute Gasteiger partial charge is 0.251 e. The number of aryl methyl sites for hydroxylation is 1. The van der Waals surface area contributed by atoms with Crippen molar-refractivity contribution in [3.63, 3.8) is 0 Å². The minimum absolute atomic E-state index is 0.0347. The molecule has 1 aliphatic carbocycles. The van der Waals surface area contributed by atoms with Gasteiger partial charge in [-0.3, -0.25) is 19.2 Å². The first kappa shape index (κ1) is 52.8. The summed E-state index contributed by atoms with van der Waals surface area (Å²) in [6.07, 6.45) is 0.957. The first-order valence-corrected chi connectivity index (χ1v) is 24.7. The Bertz CT molecular complexity index is 2520. The summed E-state index contributed by atoms with van der Waals surface area (Å²) in [6, 6.07) is 16.7. The van der Waals surface area contributed by atoms with E-state index in [0.29, 0.717) is 35.7 Å². The van der Waals surface area contributed by atoms with Gasteiger partial charge in [-0.1, -0.05) is 84.3 Å². The number of anilines is 1. The third kappa shape index (κ3) is 12.4. The van der Waals surface area contributed by atoms with Gasteiger partial charge >= 0.3 is 0 Å². The molecular weight excluding hydrogens is 921 g/mol. The number of rotatable bonds is 19. The number of unbranched alkanes of at least 4 members (excludes halogenated alkanes) is 2. The summed E-state index contributed by atoms with van der Waals surface area (Å²) in [5, 5.41) is 32.1. The van der Waals surface area contributed by atoms with Gasteiger partial charge in [0.2, 0.25) is 17.7 Å². The summed E-state index contributed by atoms with van der Waals surface area (Å²) < 4.78 is 27.2. The molecule has 1 saturated heterocycles. The van der Waals surface area contributed by atoms with Crippen molar-refractivity contribution in [3.8, 4) is 22.3 Å². The average Bonchev–Trinajstić information content (AvgIpc) is 3.92. The zero-order valence-electron chi connectivity index (χ0n) is 40.9. The SMILES string of the molecule is Cc1ncsc1-c1ccc([C@H](C)NC(=O)[C@@H]2C[C@@H](O)CN2C(=O)[C@@H](NC(=O)COCCCCCNc2ccc(C(=O)NC3C(C)(C)C(Oc4ccc(C#N)c(Cl)c4)C3(C)C)cc2F)C(C)(C)C)cc1. The maximum absolute atomic E-state index is 15.2. The number of aromatic nitrogens is 1. The van der Waals surface area contributed by atoms with Gasteiger partial charge in [-0.15, -0.1) is 11.3 Å². The molecule has 0 spiro atoms. The quantitative estimate of drug-likeness (QED) is 0.0570. The van der Waals surface area contributed by atoms with E-state index in [1.807, 2.05) is 98.2 Å². The molecule has 2 fully saturated rings. The number of β-amino-alcohol motifs (C(OH)–C–C–N with tert-alkyl or cyclic N) is 1. The standard InChI is InChI=1S/C52H65ClFN7O7S/c1-30(32-13-15-33(16-14-32)43-31(2)57-29-69-43)58-46(65)41-24-36(62)27-61(41)47(66)44(50(3,4)5)59-42(63)28-67-22-12-10-11-21-56-40-20-18-34(23-39(40)54)45(64)60-48-51(6,7)49(52(48,8)9)68-37-19-17-35(26-55)38(53)25-37/h13-20,23,25,29-30,36,41,44,48-49,56,62H,10-12,21-22,24,27-28H2,1-9H3,(H,58,65)(H,59,63)(H,60,64)/t30-,36+,41-,44+,48?,49?/m0/s1. The molecule has 1 aliphatic heterocycles. The van der Waals surface area contributed by atoms with Gasteiger partial charge in [-0.2, -0.15) is 5.26 Å². The second kappa shape index (κ2) is 22.0. The number of amides is 4. The minimum Gasteiger partial charge on any atom is -0.489 e. The van der Waals surface area contributed by atoms with E-state index in [1.165, 1.54) is 11.0 Å². The topological polar surface area (TPSA) is 195 Å². The third-order valence-corrected chi connectivity index (χ3v) is 14.5. The lowest BCUT2D eigenvalue weighted by molar-refractivity contribution is -0.164. The summed E-state index contributed by atoms with van der Waals surface area (Å²) in [5.74, 6) is -1.74. The number of nitrogens with zero attached hydrogens (tertiary/aromatic N) is 3. The lowest BCUT2D eigenvalue weighted by atomic mass is 9.49. The Morgan fingerprint density at radius 2 is 1.72 bits per heavy atom. The van der Waals surface area contributed by atoms with E-state index in [0.717, 1.165) is 28.1 Å². The molecule has 0 radical (unpaired) electrons. The van der Waals surface area contributed by atoms with Crippen molar-refractivity contribution in [1.82, 2.24) is 25.8 Å². The zero-order chi connectivity index (χ0) is 50.4. The van der Waals surface area contributed by atoms with E-state index in [1.54, 1.807) is 41.7 Å². The Balaban J connectivity index is 0.901. The lowest BCUT2D eigenvalue weighted by Crippen LogP contribution is -2.74. The van der Waals surface area contributed by atoms with Crippen LogP contribution in [0.25, 0.3) is 10.4 Å². The van der Waals surface area contributed by atoms with Crippen LogP contribution in [0.3, 0.4) is 0 Å². The summed E-state index contributed by atoms with van der Waals surface area (Å²) in [5.41, 5.74) is 3.84. The molecule has 2 aliphatic rings. The first-order valence-electron chi connectivity index (χ1n) is 23.4. The van der Waals surface area contributed by atoms with Crippen molar-refractivity contribution in [2.75, 3.05) is 31.6 Å². The van der Waals surface area contributed by atoms with Crippen molar-refractivity contribution in [1.29, 1.82) is 5.26 Å². The first-order chi connectivity index (χ1) is 32.5. The van der Waals surface area contributed by atoms with Crippen LogP contribution in [-0.2, 0) is 19.1 Å². The minimum atomic E-state index is -0.984. The largest absolute Gasteiger partial charge is 0.489 e. The van der Waals surface area contributed by atoms with Crippen molar-refractivity contribution in [2.45, 2.75) is 124 Å². The molecule has 6 rings (SSSR count). The molecule has 0 bridgehead atoms. The number of carbonyl (C=O) groups excluding carboxylic acids is 4. The van der Waals surface area contributed by atoms with Gasteiger partial charge in [0.25, 0.3) is 5.91 Å². The molecule has 1 aromatic heterocycles.